The highest BCUT2D eigenvalue weighted by atomic mass is 16.1. The number of nitrogens with one attached hydrogen (secondary N) is 1. The maximum atomic E-state index is 12.3. The Morgan fingerprint density at radius 3 is 2.29 bits per heavy atom. The smallest absolute Gasteiger partial charge is 0.251 e. The number of hydrogen-bond acceptors (Lipinski definition) is 3. The molecule has 0 aliphatic carbocycles. The van der Waals surface area contributed by atoms with Crippen LogP contribution in [0.2, 0.25) is 0 Å². The minimum Gasteiger partial charge on any atom is -0.349 e. The summed E-state index contributed by atoms with van der Waals surface area (Å²) in [6, 6.07) is 18.3. The fourth-order valence-corrected chi connectivity index (χ4v) is 3.14. The van der Waals surface area contributed by atoms with E-state index in [0.717, 1.165) is 38.0 Å². The zero-order valence-corrected chi connectivity index (χ0v) is 13.9. The summed E-state index contributed by atoms with van der Waals surface area (Å²) in [7, 11) is 0. The van der Waals surface area contributed by atoms with Gasteiger partial charge in [0.2, 0.25) is 0 Å². The van der Waals surface area contributed by atoms with Crippen LogP contribution < -0.4 is 11.1 Å². The van der Waals surface area contributed by atoms with E-state index in [9.17, 15) is 4.79 Å². The van der Waals surface area contributed by atoms with Crippen LogP contribution in [0.4, 0.5) is 0 Å². The van der Waals surface area contributed by atoms with Gasteiger partial charge in [0.05, 0.1) is 0 Å². The van der Waals surface area contributed by atoms with Gasteiger partial charge in [-0.2, -0.15) is 0 Å². The number of carbonyl (C=O) groups excluding carboxylic acids is 1. The summed E-state index contributed by atoms with van der Waals surface area (Å²) in [5.74, 6) is 0.0140. The lowest BCUT2D eigenvalue weighted by Crippen LogP contribution is -2.44. The van der Waals surface area contributed by atoms with E-state index >= 15 is 0 Å². The first-order chi connectivity index (χ1) is 11.7. The lowest BCUT2D eigenvalue weighted by atomic mass is 10.0. The third kappa shape index (κ3) is 4.43. The van der Waals surface area contributed by atoms with Crippen molar-refractivity contribution in [2.45, 2.75) is 32.0 Å². The second-order valence-electron chi connectivity index (χ2n) is 6.41. The molecule has 24 heavy (non-hydrogen) atoms. The first-order valence-corrected chi connectivity index (χ1v) is 8.61. The molecule has 0 atom stereocenters. The topological polar surface area (TPSA) is 58.4 Å². The van der Waals surface area contributed by atoms with Crippen molar-refractivity contribution in [2.24, 2.45) is 5.73 Å². The quantitative estimate of drug-likeness (QED) is 0.889. The molecule has 2 aromatic carbocycles. The average molecular weight is 323 g/mol. The molecular formula is C20H25N3O. The van der Waals surface area contributed by atoms with E-state index in [2.05, 4.69) is 34.5 Å². The second kappa shape index (κ2) is 8.08. The van der Waals surface area contributed by atoms with Gasteiger partial charge in [-0.1, -0.05) is 42.5 Å². The molecule has 1 amide bonds. The standard InChI is InChI=1S/C20H25N3O/c21-14-16-6-8-18(9-7-16)20(24)22-19-10-12-23(13-11-19)15-17-4-2-1-3-5-17/h1-9,19H,10-15,21H2,(H,22,24). The Balaban J connectivity index is 1.47. The number of likely N-dealkylation sites (tertiary alicyclic amines) is 1. The van der Waals surface area contributed by atoms with Crippen LogP contribution in [-0.4, -0.2) is 29.9 Å². The van der Waals surface area contributed by atoms with Gasteiger partial charge in [-0.15, -0.1) is 0 Å². The maximum Gasteiger partial charge on any atom is 0.251 e. The number of carbonyl (C=O) groups is 1. The van der Waals surface area contributed by atoms with Crippen LogP contribution in [-0.2, 0) is 13.1 Å². The molecule has 2 aromatic rings. The van der Waals surface area contributed by atoms with Gasteiger partial charge >= 0.3 is 0 Å². The van der Waals surface area contributed by atoms with Crippen molar-refractivity contribution in [3.8, 4) is 0 Å². The third-order valence-corrected chi connectivity index (χ3v) is 4.62. The summed E-state index contributed by atoms with van der Waals surface area (Å²) in [4.78, 5) is 14.8. The van der Waals surface area contributed by atoms with Gasteiger partial charge < -0.3 is 11.1 Å². The van der Waals surface area contributed by atoms with Crippen LogP contribution in [0.5, 0.6) is 0 Å². The average Bonchev–Trinajstić information content (AvgIpc) is 2.64. The Hall–Kier alpha value is -2.17. The monoisotopic (exact) mass is 323 g/mol. The van der Waals surface area contributed by atoms with Gasteiger partial charge in [0.15, 0.2) is 0 Å². The van der Waals surface area contributed by atoms with E-state index < -0.39 is 0 Å². The minimum atomic E-state index is 0.0140. The van der Waals surface area contributed by atoms with Gasteiger partial charge in [0, 0.05) is 37.8 Å². The molecule has 1 fully saturated rings. The van der Waals surface area contributed by atoms with Crippen molar-refractivity contribution in [1.82, 2.24) is 10.2 Å². The largest absolute Gasteiger partial charge is 0.349 e. The fourth-order valence-electron chi connectivity index (χ4n) is 3.14. The summed E-state index contributed by atoms with van der Waals surface area (Å²) >= 11 is 0. The highest BCUT2D eigenvalue weighted by Gasteiger charge is 2.21. The van der Waals surface area contributed by atoms with E-state index in [1.54, 1.807) is 0 Å². The Kier molecular flexibility index (Phi) is 5.62. The first-order valence-electron chi connectivity index (χ1n) is 8.61. The molecule has 0 unspecified atom stereocenters. The number of benzene rings is 2. The molecule has 3 N–H and O–H groups in total. The molecule has 4 heteroatoms. The number of hydrogen-bond donors (Lipinski definition) is 2. The van der Waals surface area contributed by atoms with E-state index in [1.165, 1.54) is 5.56 Å². The summed E-state index contributed by atoms with van der Waals surface area (Å²) in [6.45, 7) is 3.53. The number of piperidine rings is 1. The highest BCUT2D eigenvalue weighted by Crippen LogP contribution is 2.14. The molecular weight excluding hydrogens is 298 g/mol. The molecule has 0 spiro atoms. The lowest BCUT2D eigenvalue weighted by Gasteiger charge is -2.32. The normalized spacial score (nSPS) is 16.0. The van der Waals surface area contributed by atoms with E-state index in [4.69, 9.17) is 5.73 Å². The SMILES string of the molecule is NCc1ccc(C(=O)NC2CCN(Cc3ccccc3)CC2)cc1. The van der Waals surface area contributed by atoms with Gasteiger partial charge in [0.1, 0.15) is 0 Å². The van der Waals surface area contributed by atoms with Crippen molar-refractivity contribution in [2.75, 3.05) is 13.1 Å². The minimum absolute atomic E-state index is 0.0140. The van der Waals surface area contributed by atoms with E-state index in [1.807, 2.05) is 30.3 Å². The summed E-state index contributed by atoms with van der Waals surface area (Å²) in [6.07, 6.45) is 2.00. The predicted octanol–water partition coefficient (Wildman–Crippen LogP) is 2.54. The van der Waals surface area contributed by atoms with E-state index in [-0.39, 0.29) is 11.9 Å². The molecule has 1 saturated heterocycles. The highest BCUT2D eigenvalue weighted by molar-refractivity contribution is 5.94. The Labute approximate surface area is 143 Å². The summed E-state index contributed by atoms with van der Waals surface area (Å²) in [5.41, 5.74) is 8.69. The second-order valence-corrected chi connectivity index (χ2v) is 6.41. The Bertz CT molecular complexity index is 646. The first kappa shape index (κ1) is 16.7. The van der Waals surface area contributed by atoms with Crippen molar-refractivity contribution in [3.05, 3.63) is 71.3 Å². The lowest BCUT2D eigenvalue weighted by molar-refractivity contribution is 0.0909. The zero-order chi connectivity index (χ0) is 16.8. The van der Waals surface area contributed by atoms with Crippen molar-refractivity contribution < 1.29 is 4.79 Å². The van der Waals surface area contributed by atoms with Crippen molar-refractivity contribution in [1.29, 1.82) is 0 Å². The molecule has 1 heterocycles. The number of nitrogens with zero attached hydrogens (tertiary/aromatic N) is 1. The molecule has 1 aliphatic heterocycles. The zero-order valence-electron chi connectivity index (χ0n) is 13.9. The summed E-state index contributed by atoms with van der Waals surface area (Å²) in [5, 5.41) is 3.16. The Morgan fingerprint density at radius 1 is 1.00 bits per heavy atom. The number of nitrogens with two attached hydrogens (primary N) is 1. The molecule has 1 aliphatic rings. The Morgan fingerprint density at radius 2 is 1.67 bits per heavy atom. The van der Waals surface area contributed by atoms with Crippen LogP contribution in [0.3, 0.4) is 0 Å². The molecule has 4 nitrogen and oxygen atoms in total. The van der Waals surface area contributed by atoms with E-state index in [0.29, 0.717) is 12.1 Å². The van der Waals surface area contributed by atoms with Gasteiger partial charge in [-0.05, 0) is 36.1 Å². The van der Waals surface area contributed by atoms with Crippen molar-refractivity contribution >= 4 is 5.91 Å². The van der Waals surface area contributed by atoms with Crippen molar-refractivity contribution in [3.63, 3.8) is 0 Å². The third-order valence-electron chi connectivity index (χ3n) is 4.62. The van der Waals surface area contributed by atoms with Gasteiger partial charge in [-0.25, -0.2) is 0 Å². The molecule has 0 aromatic heterocycles. The predicted molar refractivity (Wildman–Crippen MR) is 96.5 cm³/mol. The van der Waals surface area contributed by atoms with Crippen LogP contribution in [0, 0.1) is 0 Å². The van der Waals surface area contributed by atoms with Gasteiger partial charge in [-0.3, -0.25) is 9.69 Å². The molecule has 0 saturated carbocycles. The fraction of sp³-hybridized carbons (Fsp3) is 0.350. The van der Waals surface area contributed by atoms with Crippen LogP contribution in [0.25, 0.3) is 0 Å². The summed E-state index contributed by atoms with van der Waals surface area (Å²) < 4.78 is 0. The molecule has 0 bridgehead atoms. The number of rotatable bonds is 5. The van der Waals surface area contributed by atoms with Crippen LogP contribution in [0.15, 0.2) is 54.6 Å². The number of amides is 1. The maximum absolute atomic E-state index is 12.3. The van der Waals surface area contributed by atoms with Gasteiger partial charge in [0.25, 0.3) is 5.91 Å². The molecule has 3 rings (SSSR count). The molecule has 0 radical (unpaired) electrons. The van der Waals surface area contributed by atoms with Crippen LogP contribution >= 0.6 is 0 Å². The molecule has 126 valence electrons. The van der Waals surface area contributed by atoms with Crippen LogP contribution in [0.1, 0.15) is 34.3 Å².